The number of amides is 2. The van der Waals surface area contributed by atoms with Crippen molar-refractivity contribution >= 4 is 29.0 Å². The molecular weight excluding hydrogens is 370 g/mol. The molecule has 1 unspecified atom stereocenters. The number of nitrogens with zero attached hydrogens (tertiary/aromatic N) is 1. The topological polar surface area (TPSA) is 102 Å². The fourth-order valence-electron chi connectivity index (χ4n) is 3.80. The Hall–Kier alpha value is -3.35. The number of para-hydroxylation sites is 1. The summed E-state index contributed by atoms with van der Waals surface area (Å²) in [5.41, 5.74) is 7.93. The van der Waals surface area contributed by atoms with E-state index in [9.17, 15) is 14.4 Å². The summed E-state index contributed by atoms with van der Waals surface area (Å²) in [5.74, 6) is 0.0942. The number of Topliss-reactive ketones (excluding diaryl/α,β-unsaturated/α-hetero) is 1. The van der Waals surface area contributed by atoms with E-state index in [1.54, 1.807) is 54.3 Å². The molecule has 2 aliphatic rings. The van der Waals surface area contributed by atoms with Crippen molar-refractivity contribution in [2.75, 3.05) is 24.1 Å². The SMILES string of the molecule is CC1Oc2ccc(C(=O)C3CCN(C(=O)c4ccccc4N)CC3)cc2NC1=O. The molecular formula is C22H23N3O4. The summed E-state index contributed by atoms with van der Waals surface area (Å²) in [6.07, 6.45) is 0.632. The zero-order valence-corrected chi connectivity index (χ0v) is 16.2. The van der Waals surface area contributed by atoms with Gasteiger partial charge in [0.2, 0.25) is 0 Å². The van der Waals surface area contributed by atoms with Crippen molar-refractivity contribution in [3.05, 3.63) is 53.6 Å². The van der Waals surface area contributed by atoms with Crippen LogP contribution in [-0.2, 0) is 4.79 Å². The molecule has 3 N–H and O–H groups in total. The Morgan fingerprint density at radius 1 is 1.14 bits per heavy atom. The lowest BCUT2D eigenvalue weighted by molar-refractivity contribution is -0.122. The summed E-state index contributed by atoms with van der Waals surface area (Å²) in [5, 5.41) is 2.77. The number of anilines is 2. The number of nitrogens with two attached hydrogens (primary N) is 1. The third kappa shape index (κ3) is 3.68. The zero-order valence-electron chi connectivity index (χ0n) is 16.2. The van der Waals surface area contributed by atoms with E-state index in [0.717, 1.165) is 0 Å². The van der Waals surface area contributed by atoms with Gasteiger partial charge in [-0.2, -0.15) is 0 Å². The summed E-state index contributed by atoms with van der Waals surface area (Å²) >= 11 is 0. The standard InChI is InChI=1S/C22H23N3O4/c1-13-21(27)24-18-12-15(6-7-19(18)29-13)20(26)14-8-10-25(11-9-14)22(28)16-4-2-3-5-17(16)23/h2-7,12-14H,8-11,23H2,1H3,(H,24,27). The number of nitrogens with one attached hydrogen (secondary N) is 1. The van der Waals surface area contributed by atoms with E-state index in [4.69, 9.17) is 10.5 Å². The van der Waals surface area contributed by atoms with Gasteiger partial charge in [-0.05, 0) is 50.1 Å². The van der Waals surface area contributed by atoms with Crippen molar-refractivity contribution in [2.24, 2.45) is 5.92 Å². The van der Waals surface area contributed by atoms with Crippen LogP contribution in [-0.4, -0.2) is 41.7 Å². The molecule has 29 heavy (non-hydrogen) atoms. The van der Waals surface area contributed by atoms with Gasteiger partial charge in [-0.15, -0.1) is 0 Å². The molecule has 0 aromatic heterocycles. The quantitative estimate of drug-likeness (QED) is 0.617. The van der Waals surface area contributed by atoms with E-state index < -0.39 is 6.10 Å². The number of hydrogen-bond donors (Lipinski definition) is 2. The van der Waals surface area contributed by atoms with Crippen LogP contribution >= 0.6 is 0 Å². The first-order valence-electron chi connectivity index (χ1n) is 9.73. The van der Waals surface area contributed by atoms with Gasteiger partial charge in [0.05, 0.1) is 11.3 Å². The summed E-state index contributed by atoms with van der Waals surface area (Å²) in [7, 11) is 0. The lowest BCUT2D eigenvalue weighted by Gasteiger charge is -2.32. The van der Waals surface area contributed by atoms with Crippen LogP contribution in [0.1, 0.15) is 40.5 Å². The van der Waals surface area contributed by atoms with Crippen molar-refractivity contribution < 1.29 is 19.1 Å². The highest BCUT2D eigenvalue weighted by Crippen LogP contribution is 2.32. The van der Waals surface area contributed by atoms with Gasteiger partial charge in [0.1, 0.15) is 5.75 Å². The average molecular weight is 393 g/mol. The Morgan fingerprint density at radius 3 is 2.59 bits per heavy atom. The highest BCUT2D eigenvalue weighted by Gasteiger charge is 2.30. The molecule has 7 nitrogen and oxygen atoms in total. The van der Waals surface area contributed by atoms with Gasteiger partial charge >= 0.3 is 0 Å². The summed E-state index contributed by atoms with van der Waals surface area (Å²) in [6, 6.07) is 12.1. The first-order chi connectivity index (χ1) is 13.9. The molecule has 0 radical (unpaired) electrons. The van der Waals surface area contributed by atoms with Gasteiger partial charge in [0.15, 0.2) is 11.9 Å². The molecule has 2 amide bonds. The van der Waals surface area contributed by atoms with Crippen molar-refractivity contribution in [1.82, 2.24) is 4.90 Å². The third-order valence-electron chi connectivity index (χ3n) is 5.54. The molecule has 0 spiro atoms. The number of carbonyl (C=O) groups is 3. The summed E-state index contributed by atoms with van der Waals surface area (Å²) in [4.78, 5) is 39.2. The van der Waals surface area contributed by atoms with Crippen molar-refractivity contribution in [3.8, 4) is 5.75 Å². The first kappa shape index (κ1) is 19.0. The van der Waals surface area contributed by atoms with Crippen molar-refractivity contribution in [3.63, 3.8) is 0 Å². The van der Waals surface area contributed by atoms with Crippen LogP contribution in [0.5, 0.6) is 5.75 Å². The number of nitrogen functional groups attached to an aromatic ring is 1. The maximum atomic E-state index is 13.0. The zero-order chi connectivity index (χ0) is 20.5. The molecule has 2 aromatic rings. The predicted molar refractivity (Wildman–Crippen MR) is 109 cm³/mol. The van der Waals surface area contributed by atoms with Gasteiger partial charge in [-0.1, -0.05) is 12.1 Å². The molecule has 150 valence electrons. The third-order valence-corrected chi connectivity index (χ3v) is 5.54. The molecule has 7 heteroatoms. The molecule has 2 aromatic carbocycles. The van der Waals surface area contributed by atoms with Gasteiger partial charge in [0.25, 0.3) is 11.8 Å². The van der Waals surface area contributed by atoms with Crippen LogP contribution in [0.2, 0.25) is 0 Å². The minimum absolute atomic E-state index is 0.0204. The number of piperidine rings is 1. The van der Waals surface area contributed by atoms with Gasteiger partial charge in [-0.3, -0.25) is 14.4 Å². The molecule has 0 saturated carbocycles. The molecule has 1 fully saturated rings. The Bertz CT molecular complexity index is 980. The van der Waals surface area contributed by atoms with E-state index >= 15 is 0 Å². The first-order valence-corrected chi connectivity index (χ1v) is 9.73. The second-order valence-electron chi connectivity index (χ2n) is 7.48. The minimum Gasteiger partial charge on any atom is -0.479 e. The van der Waals surface area contributed by atoms with E-state index in [1.165, 1.54) is 0 Å². The molecule has 0 bridgehead atoms. The number of ether oxygens (including phenoxy) is 1. The van der Waals surface area contributed by atoms with E-state index in [1.807, 2.05) is 0 Å². The summed E-state index contributed by atoms with van der Waals surface area (Å²) < 4.78 is 5.54. The minimum atomic E-state index is -0.551. The van der Waals surface area contributed by atoms with Gasteiger partial charge in [-0.25, -0.2) is 0 Å². The lowest BCUT2D eigenvalue weighted by atomic mass is 9.88. The van der Waals surface area contributed by atoms with Crippen LogP contribution in [0.4, 0.5) is 11.4 Å². The molecule has 0 aliphatic carbocycles. The van der Waals surface area contributed by atoms with Gasteiger partial charge in [0, 0.05) is 30.3 Å². The Morgan fingerprint density at radius 2 is 1.86 bits per heavy atom. The molecule has 1 atom stereocenters. The largest absolute Gasteiger partial charge is 0.479 e. The maximum Gasteiger partial charge on any atom is 0.265 e. The number of fused-ring (bicyclic) bond motifs is 1. The number of likely N-dealkylation sites (tertiary alicyclic amines) is 1. The average Bonchev–Trinajstić information content (AvgIpc) is 2.74. The van der Waals surface area contributed by atoms with E-state index in [-0.39, 0.29) is 23.5 Å². The fourth-order valence-corrected chi connectivity index (χ4v) is 3.80. The highest BCUT2D eigenvalue weighted by atomic mass is 16.5. The Labute approximate surface area is 168 Å². The van der Waals surface area contributed by atoms with E-state index in [2.05, 4.69) is 5.32 Å². The number of ketones is 1. The lowest BCUT2D eigenvalue weighted by Crippen LogP contribution is -2.40. The van der Waals surface area contributed by atoms with E-state index in [0.29, 0.717) is 54.2 Å². The second kappa shape index (κ2) is 7.58. The molecule has 4 rings (SSSR count). The molecule has 2 heterocycles. The van der Waals surface area contributed by atoms with Crippen LogP contribution in [0.3, 0.4) is 0 Å². The normalized spacial score (nSPS) is 19.1. The molecule has 1 saturated heterocycles. The predicted octanol–water partition coefficient (Wildman–Crippen LogP) is 2.72. The van der Waals surface area contributed by atoms with Crippen LogP contribution < -0.4 is 15.8 Å². The summed E-state index contributed by atoms with van der Waals surface area (Å²) in [6.45, 7) is 2.69. The number of rotatable bonds is 3. The van der Waals surface area contributed by atoms with Crippen molar-refractivity contribution in [2.45, 2.75) is 25.9 Å². The fraction of sp³-hybridized carbons (Fsp3) is 0.318. The van der Waals surface area contributed by atoms with Crippen LogP contribution in [0, 0.1) is 5.92 Å². The van der Waals surface area contributed by atoms with Crippen LogP contribution in [0.15, 0.2) is 42.5 Å². The Balaban J connectivity index is 1.42. The monoisotopic (exact) mass is 393 g/mol. The maximum absolute atomic E-state index is 13.0. The Kier molecular flexibility index (Phi) is 4.96. The number of benzene rings is 2. The highest BCUT2D eigenvalue weighted by molar-refractivity contribution is 6.03. The molecule has 2 aliphatic heterocycles. The number of hydrogen-bond acceptors (Lipinski definition) is 5. The smallest absolute Gasteiger partial charge is 0.265 e. The second-order valence-corrected chi connectivity index (χ2v) is 7.48. The number of carbonyl (C=O) groups excluding carboxylic acids is 3. The van der Waals surface area contributed by atoms with Gasteiger partial charge < -0.3 is 20.7 Å². The van der Waals surface area contributed by atoms with Crippen LogP contribution in [0.25, 0.3) is 0 Å². The van der Waals surface area contributed by atoms with Crippen molar-refractivity contribution in [1.29, 1.82) is 0 Å².